The summed E-state index contributed by atoms with van der Waals surface area (Å²) in [5, 5.41) is -0.794. The topological polar surface area (TPSA) is 82.1 Å². The van der Waals surface area contributed by atoms with Crippen LogP contribution in [-0.2, 0) is 25.8 Å². The van der Waals surface area contributed by atoms with Crippen molar-refractivity contribution >= 4 is 15.8 Å². The smallest absolute Gasteiger partial charge is 0.309 e. The van der Waals surface area contributed by atoms with Crippen molar-refractivity contribution in [1.29, 1.82) is 0 Å². The Bertz CT molecular complexity index is 988. The van der Waals surface area contributed by atoms with Crippen LogP contribution in [0, 0.1) is 5.92 Å². The summed E-state index contributed by atoms with van der Waals surface area (Å²) in [4.78, 5) is 14.6. The number of benzene rings is 2. The zero-order chi connectivity index (χ0) is 23.1. The molecule has 32 heavy (non-hydrogen) atoms. The molecule has 8 heteroatoms. The Labute approximate surface area is 190 Å². The quantitative estimate of drug-likeness (QED) is 0.530. The predicted octanol–water partition coefficient (Wildman–Crippen LogP) is 3.32. The number of hydrogen-bond acceptors (Lipinski definition) is 7. The molecule has 0 radical (unpaired) electrons. The lowest BCUT2D eigenvalue weighted by atomic mass is 9.96. The molecule has 2 aromatic rings. The fourth-order valence-electron chi connectivity index (χ4n) is 4.02. The van der Waals surface area contributed by atoms with Crippen molar-refractivity contribution in [2.24, 2.45) is 5.92 Å². The van der Waals surface area contributed by atoms with E-state index in [1.165, 1.54) is 7.11 Å². The maximum Gasteiger partial charge on any atom is 0.309 e. The summed E-state index contributed by atoms with van der Waals surface area (Å²) in [5.41, 5.74) is 1.10. The average Bonchev–Trinajstić information content (AvgIpc) is 2.83. The Morgan fingerprint density at radius 3 is 2.16 bits per heavy atom. The first-order valence-electron chi connectivity index (χ1n) is 10.8. The third kappa shape index (κ3) is 5.61. The van der Waals surface area contributed by atoms with E-state index in [-0.39, 0.29) is 23.9 Å². The Morgan fingerprint density at radius 1 is 1.00 bits per heavy atom. The first kappa shape index (κ1) is 24.1. The maximum atomic E-state index is 13.6. The molecule has 0 spiro atoms. The van der Waals surface area contributed by atoms with Gasteiger partial charge in [0.05, 0.1) is 31.6 Å². The summed E-state index contributed by atoms with van der Waals surface area (Å²) in [6.45, 7) is 3.13. The van der Waals surface area contributed by atoms with Gasteiger partial charge in [0.2, 0.25) is 0 Å². The Hall–Kier alpha value is -2.58. The van der Waals surface area contributed by atoms with E-state index in [0.29, 0.717) is 31.7 Å². The SMILES string of the molecule is CCOC(=O)C1CCN(CCc2ccc(OC)cc2)C(S(=O)(=O)c2ccc(OC)cc2)C1. The molecular formula is C24H31NO6S. The third-order valence-corrected chi connectivity index (χ3v) is 8.01. The molecule has 7 nitrogen and oxygen atoms in total. The molecule has 1 saturated heterocycles. The lowest BCUT2D eigenvalue weighted by molar-refractivity contribution is -0.149. The van der Waals surface area contributed by atoms with Gasteiger partial charge in [0.25, 0.3) is 0 Å². The highest BCUT2D eigenvalue weighted by Gasteiger charge is 2.40. The van der Waals surface area contributed by atoms with E-state index in [2.05, 4.69) is 0 Å². The van der Waals surface area contributed by atoms with Gasteiger partial charge in [-0.2, -0.15) is 0 Å². The van der Waals surface area contributed by atoms with Crippen LogP contribution >= 0.6 is 0 Å². The van der Waals surface area contributed by atoms with Gasteiger partial charge in [-0.05, 0) is 68.1 Å². The second-order valence-corrected chi connectivity index (χ2v) is 9.89. The molecule has 0 aromatic heterocycles. The van der Waals surface area contributed by atoms with E-state index >= 15 is 0 Å². The molecule has 0 bridgehead atoms. The molecule has 1 aliphatic heterocycles. The van der Waals surface area contributed by atoms with Gasteiger partial charge in [-0.15, -0.1) is 0 Å². The second kappa shape index (κ2) is 10.8. The zero-order valence-corrected chi connectivity index (χ0v) is 19.6. The lowest BCUT2D eigenvalue weighted by Gasteiger charge is -2.38. The number of piperidine rings is 1. The summed E-state index contributed by atoms with van der Waals surface area (Å²) in [5.74, 6) is 0.625. The van der Waals surface area contributed by atoms with Gasteiger partial charge >= 0.3 is 5.97 Å². The summed E-state index contributed by atoms with van der Waals surface area (Å²) in [7, 11) is -0.530. The maximum absolute atomic E-state index is 13.6. The number of sulfone groups is 1. The number of ether oxygens (including phenoxy) is 3. The number of esters is 1. The van der Waals surface area contributed by atoms with Crippen LogP contribution in [0.1, 0.15) is 25.3 Å². The van der Waals surface area contributed by atoms with Gasteiger partial charge in [-0.1, -0.05) is 12.1 Å². The van der Waals surface area contributed by atoms with Gasteiger partial charge in [0.15, 0.2) is 9.84 Å². The van der Waals surface area contributed by atoms with Crippen LogP contribution in [0.2, 0.25) is 0 Å². The lowest BCUT2D eigenvalue weighted by Crippen LogP contribution is -2.49. The number of nitrogens with zero attached hydrogens (tertiary/aromatic N) is 1. The molecule has 0 saturated carbocycles. The number of methoxy groups -OCH3 is 2. The number of rotatable bonds is 9. The largest absolute Gasteiger partial charge is 0.497 e. The van der Waals surface area contributed by atoms with E-state index in [1.54, 1.807) is 38.3 Å². The van der Waals surface area contributed by atoms with Crippen molar-refractivity contribution in [2.45, 2.75) is 36.5 Å². The predicted molar refractivity (Wildman–Crippen MR) is 122 cm³/mol. The second-order valence-electron chi connectivity index (χ2n) is 7.78. The molecule has 0 N–H and O–H groups in total. The van der Waals surface area contributed by atoms with Crippen LogP contribution in [-0.4, -0.2) is 58.6 Å². The van der Waals surface area contributed by atoms with Crippen molar-refractivity contribution in [3.8, 4) is 11.5 Å². The third-order valence-electron chi connectivity index (χ3n) is 5.87. The van der Waals surface area contributed by atoms with Crippen molar-refractivity contribution in [1.82, 2.24) is 4.90 Å². The highest BCUT2D eigenvalue weighted by Crippen LogP contribution is 2.32. The fourth-order valence-corrected chi connectivity index (χ4v) is 5.93. The van der Waals surface area contributed by atoms with Crippen LogP contribution in [0.3, 0.4) is 0 Å². The molecule has 3 rings (SSSR count). The van der Waals surface area contributed by atoms with Gasteiger partial charge in [0, 0.05) is 13.1 Å². The molecule has 2 unspecified atom stereocenters. The molecule has 0 aliphatic carbocycles. The van der Waals surface area contributed by atoms with Crippen molar-refractivity contribution in [2.75, 3.05) is 33.9 Å². The first-order chi connectivity index (χ1) is 15.4. The summed E-state index contributed by atoms with van der Waals surface area (Å²) in [6.07, 6.45) is 1.49. The minimum Gasteiger partial charge on any atom is -0.497 e. The molecule has 1 heterocycles. The van der Waals surface area contributed by atoms with Crippen LogP contribution in [0.5, 0.6) is 11.5 Å². The molecule has 1 aliphatic rings. The van der Waals surface area contributed by atoms with Crippen molar-refractivity contribution in [3.05, 3.63) is 54.1 Å². The normalized spacial score (nSPS) is 19.3. The Kier molecular flexibility index (Phi) is 8.15. The van der Waals surface area contributed by atoms with Crippen LogP contribution in [0.4, 0.5) is 0 Å². The molecule has 174 valence electrons. The highest BCUT2D eigenvalue weighted by atomic mass is 32.2. The van der Waals surface area contributed by atoms with Gasteiger partial charge in [0.1, 0.15) is 16.9 Å². The van der Waals surface area contributed by atoms with Crippen LogP contribution in [0.15, 0.2) is 53.4 Å². The molecule has 0 amide bonds. The summed E-state index contributed by atoms with van der Waals surface area (Å²) >= 11 is 0. The molecule has 2 aromatic carbocycles. The van der Waals surface area contributed by atoms with Gasteiger partial charge < -0.3 is 14.2 Å². The van der Waals surface area contributed by atoms with Gasteiger partial charge in [-0.3, -0.25) is 9.69 Å². The van der Waals surface area contributed by atoms with E-state index in [4.69, 9.17) is 14.2 Å². The first-order valence-corrected chi connectivity index (χ1v) is 12.3. The van der Waals surface area contributed by atoms with E-state index < -0.39 is 21.1 Å². The molecule has 1 fully saturated rings. The van der Waals surface area contributed by atoms with Crippen molar-refractivity contribution in [3.63, 3.8) is 0 Å². The zero-order valence-electron chi connectivity index (χ0n) is 18.8. The molecular weight excluding hydrogens is 430 g/mol. The van der Waals surface area contributed by atoms with Crippen molar-refractivity contribution < 1.29 is 27.4 Å². The summed E-state index contributed by atoms with van der Waals surface area (Å²) < 4.78 is 42.7. The minimum atomic E-state index is -3.69. The monoisotopic (exact) mass is 461 g/mol. The fraction of sp³-hybridized carbons (Fsp3) is 0.458. The van der Waals surface area contributed by atoms with E-state index in [0.717, 1.165) is 11.3 Å². The standard InChI is InChI=1S/C24H31NO6S/c1-4-31-24(26)19-14-16-25(15-13-18-5-7-20(29-2)8-6-18)23(17-19)32(27,28)22-11-9-21(30-3)10-12-22/h5-12,19,23H,4,13-17H2,1-3H3. The van der Waals surface area contributed by atoms with E-state index in [1.807, 2.05) is 29.2 Å². The average molecular weight is 462 g/mol. The van der Waals surface area contributed by atoms with Crippen LogP contribution < -0.4 is 9.47 Å². The highest BCUT2D eigenvalue weighted by molar-refractivity contribution is 7.92. The molecule has 2 atom stereocenters. The number of carbonyl (C=O) groups excluding carboxylic acids is 1. The van der Waals surface area contributed by atoms with Crippen LogP contribution in [0.25, 0.3) is 0 Å². The Morgan fingerprint density at radius 2 is 1.59 bits per heavy atom. The Balaban J connectivity index is 1.82. The number of likely N-dealkylation sites (tertiary alicyclic amines) is 1. The van der Waals surface area contributed by atoms with Gasteiger partial charge in [-0.25, -0.2) is 8.42 Å². The minimum absolute atomic E-state index is 0.218. The number of carbonyl (C=O) groups is 1. The summed E-state index contributed by atoms with van der Waals surface area (Å²) in [6, 6.07) is 14.2. The number of hydrogen-bond donors (Lipinski definition) is 0. The van der Waals surface area contributed by atoms with E-state index in [9.17, 15) is 13.2 Å².